The summed E-state index contributed by atoms with van der Waals surface area (Å²) in [6.07, 6.45) is 5.44. The van der Waals surface area contributed by atoms with Gasteiger partial charge in [-0.05, 0) is 87.9 Å². The summed E-state index contributed by atoms with van der Waals surface area (Å²) in [5, 5.41) is 3.56. The molecule has 0 saturated carbocycles. The summed E-state index contributed by atoms with van der Waals surface area (Å²) in [5.41, 5.74) is 10.7. The first-order valence-electron chi connectivity index (χ1n) is 16.1. The topological polar surface area (TPSA) is 102 Å². The zero-order valence-electron chi connectivity index (χ0n) is 26.4. The number of halogens is 1. The summed E-state index contributed by atoms with van der Waals surface area (Å²) in [7, 11) is 4.17. The Morgan fingerprint density at radius 3 is 2.39 bits per heavy atom. The van der Waals surface area contributed by atoms with Crippen molar-refractivity contribution >= 4 is 40.8 Å². The number of carbonyl (C=O) groups is 3. The summed E-state index contributed by atoms with van der Waals surface area (Å²) in [4.78, 5) is 48.7. The van der Waals surface area contributed by atoms with Crippen LogP contribution in [0.5, 0.6) is 0 Å². The molecule has 2 aromatic rings. The Labute approximate surface area is 266 Å². The van der Waals surface area contributed by atoms with Crippen molar-refractivity contribution in [1.29, 1.82) is 0 Å². The van der Waals surface area contributed by atoms with Crippen LogP contribution < -0.4 is 11.1 Å². The number of benzene rings is 2. The summed E-state index contributed by atoms with van der Waals surface area (Å²) in [6, 6.07) is 12.3. The van der Waals surface area contributed by atoms with Crippen LogP contribution in [0.25, 0.3) is 0 Å². The molecule has 0 aliphatic carbocycles. The summed E-state index contributed by atoms with van der Waals surface area (Å²) >= 11 is 6.47. The molecule has 2 aromatic carbocycles. The molecule has 3 N–H and O–H groups in total. The summed E-state index contributed by atoms with van der Waals surface area (Å²) < 4.78 is 0. The van der Waals surface area contributed by atoms with Gasteiger partial charge in [-0.15, -0.1) is 0 Å². The molecule has 1 atom stereocenters. The quantitative estimate of drug-likeness (QED) is 0.417. The first-order valence-corrected chi connectivity index (χ1v) is 16.5. The number of hydrogen-bond donors (Lipinski definition) is 2. The molecular weight excluding hydrogens is 576 g/mol. The minimum absolute atomic E-state index is 0.00467. The number of nitrogens with two attached hydrogens (primary N) is 1. The molecule has 10 heteroatoms. The third-order valence-corrected chi connectivity index (χ3v) is 10.1. The maximum atomic E-state index is 14.0. The van der Waals surface area contributed by atoms with Gasteiger partial charge in [0.2, 0.25) is 11.8 Å². The predicted molar refractivity (Wildman–Crippen MR) is 176 cm³/mol. The van der Waals surface area contributed by atoms with Crippen LogP contribution in [-0.4, -0.2) is 96.3 Å². The fourth-order valence-electron chi connectivity index (χ4n) is 7.04. The van der Waals surface area contributed by atoms with E-state index in [1.54, 1.807) is 0 Å². The highest BCUT2D eigenvalue weighted by atomic mass is 35.5. The zero-order valence-corrected chi connectivity index (χ0v) is 27.1. The molecule has 44 heavy (non-hydrogen) atoms. The van der Waals surface area contributed by atoms with E-state index >= 15 is 0 Å². The minimum Gasteiger partial charge on any atom is -0.397 e. The Kier molecular flexibility index (Phi) is 10.4. The Hall–Kier alpha value is -3.30. The maximum absolute atomic E-state index is 14.0. The van der Waals surface area contributed by atoms with Gasteiger partial charge >= 0.3 is 6.03 Å². The van der Waals surface area contributed by atoms with Crippen molar-refractivity contribution in [2.45, 2.75) is 70.4 Å². The zero-order chi connectivity index (χ0) is 31.4. The SMILES string of the molecule is CCc1cc(C[C@@H](CC(=O)N2CCC(N3CCc4ccccc4NC3=O)CC2)C(=O)N2CCC(N(C)C)CC2)cc(Cl)c1N. The highest BCUT2D eigenvalue weighted by molar-refractivity contribution is 6.33. The van der Waals surface area contributed by atoms with Crippen molar-refractivity contribution in [2.75, 3.05) is 57.9 Å². The number of nitrogens with zero attached hydrogens (tertiary/aromatic N) is 4. The third kappa shape index (κ3) is 7.32. The average molecular weight is 623 g/mol. The lowest BCUT2D eigenvalue weighted by atomic mass is 9.91. The Balaban J connectivity index is 1.24. The number of rotatable bonds is 8. The van der Waals surface area contributed by atoms with Crippen molar-refractivity contribution < 1.29 is 14.4 Å². The lowest BCUT2D eigenvalue weighted by Gasteiger charge is -2.39. The van der Waals surface area contributed by atoms with Gasteiger partial charge in [0.25, 0.3) is 0 Å². The fourth-order valence-corrected chi connectivity index (χ4v) is 7.31. The number of anilines is 2. The molecule has 2 saturated heterocycles. The van der Waals surface area contributed by atoms with Crippen molar-refractivity contribution in [3.8, 4) is 0 Å². The number of nitrogens with one attached hydrogen (secondary N) is 1. The number of piperidine rings is 2. The molecule has 4 amide bonds. The monoisotopic (exact) mass is 622 g/mol. The van der Waals surface area contributed by atoms with E-state index in [9.17, 15) is 14.4 Å². The number of aryl methyl sites for hydroxylation is 1. The maximum Gasteiger partial charge on any atom is 0.322 e. The second kappa shape index (κ2) is 14.2. The van der Waals surface area contributed by atoms with Gasteiger partial charge in [0.1, 0.15) is 0 Å². The highest BCUT2D eigenvalue weighted by Crippen LogP contribution is 2.30. The molecule has 238 valence electrons. The summed E-state index contributed by atoms with van der Waals surface area (Å²) in [5.74, 6) is -0.442. The lowest BCUT2D eigenvalue weighted by Crippen LogP contribution is -2.51. The molecule has 2 fully saturated rings. The van der Waals surface area contributed by atoms with Crippen LogP contribution in [0.3, 0.4) is 0 Å². The van der Waals surface area contributed by atoms with Crippen LogP contribution in [-0.2, 0) is 28.9 Å². The molecule has 3 aliphatic rings. The van der Waals surface area contributed by atoms with Crippen LogP contribution >= 0.6 is 11.6 Å². The number of nitrogen functional groups attached to an aromatic ring is 1. The molecule has 3 aliphatic heterocycles. The molecule has 0 radical (unpaired) electrons. The number of hydrogen-bond acceptors (Lipinski definition) is 5. The number of urea groups is 1. The molecule has 9 nitrogen and oxygen atoms in total. The van der Waals surface area contributed by atoms with Gasteiger partial charge in [-0.1, -0.05) is 42.8 Å². The number of amides is 4. The van der Waals surface area contributed by atoms with E-state index in [-0.39, 0.29) is 30.3 Å². The third-order valence-electron chi connectivity index (χ3n) is 9.81. The van der Waals surface area contributed by atoms with E-state index in [1.165, 1.54) is 0 Å². The standard InChI is InChI=1S/C34H47ClN6O3/c1-4-24-19-23(21-29(35)32(24)36)20-26(33(43)40-16-10-27(11-17-40)38(2)3)22-31(42)39-14-12-28(13-15-39)41-18-9-25-7-5-6-8-30(25)37-34(41)44/h5-8,19,21,26-28H,4,9-18,20,22,36H2,1-3H3,(H,37,44)/t26-/m0/s1. The van der Waals surface area contributed by atoms with Crippen molar-refractivity contribution in [2.24, 2.45) is 5.92 Å². The van der Waals surface area contributed by atoms with Crippen molar-refractivity contribution in [3.05, 3.63) is 58.1 Å². The van der Waals surface area contributed by atoms with Gasteiger partial charge in [0.15, 0.2) is 0 Å². The lowest BCUT2D eigenvalue weighted by molar-refractivity contribution is -0.143. The van der Waals surface area contributed by atoms with E-state index in [0.717, 1.165) is 60.9 Å². The molecule has 0 spiro atoms. The van der Waals surface area contributed by atoms with Crippen LogP contribution in [0.1, 0.15) is 55.7 Å². The predicted octanol–water partition coefficient (Wildman–Crippen LogP) is 4.67. The number of carbonyl (C=O) groups excluding carboxylic acids is 3. The second-order valence-electron chi connectivity index (χ2n) is 12.8. The molecular formula is C34H47ClN6O3. The molecule has 0 bridgehead atoms. The van der Waals surface area contributed by atoms with E-state index < -0.39 is 5.92 Å². The second-order valence-corrected chi connectivity index (χ2v) is 13.2. The largest absolute Gasteiger partial charge is 0.397 e. The van der Waals surface area contributed by atoms with Gasteiger partial charge in [-0.3, -0.25) is 9.59 Å². The van der Waals surface area contributed by atoms with Gasteiger partial charge in [-0.2, -0.15) is 0 Å². The minimum atomic E-state index is -0.476. The number of fused-ring (bicyclic) bond motifs is 1. The van der Waals surface area contributed by atoms with Gasteiger partial charge in [0, 0.05) is 56.9 Å². The van der Waals surface area contributed by atoms with Crippen LogP contribution in [0.4, 0.5) is 16.2 Å². The average Bonchev–Trinajstić information content (AvgIpc) is 3.20. The molecule has 3 heterocycles. The molecule has 0 aromatic heterocycles. The van der Waals surface area contributed by atoms with E-state index in [4.69, 9.17) is 17.3 Å². The Morgan fingerprint density at radius 2 is 1.70 bits per heavy atom. The van der Waals surface area contributed by atoms with Crippen molar-refractivity contribution in [1.82, 2.24) is 19.6 Å². The normalized spacial score (nSPS) is 19.0. The Bertz CT molecular complexity index is 1350. The number of para-hydroxylation sites is 1. The Morgan fingerprint density at radius 1 is 1.02 bits per heavy atom. The smallest absolute Gasteiger partial charge is 0.322 e. The molecule has 0 unspecified atom stereocenters. The van der Waals surface area contributed by atoms with Crippen molar-refractivity contribution in [3.63, 3.8) is 0 Å². The van der Waals surface area contributed by atoms with Gasteiger partial charge < -0.3 is 30.7 Å². The first-order chi connectivity index (χ1) is 21.1. The fraction of sp³-hybridized carbons (Fsp3) is 0.559. The highest BCUT2D eigenvalue weighted by Gasteiger charge is 2.35. The van der Waals surface area contributed by atoms with E-state index in [2.05, 4.69) is 30.4 Å². The molecule has 5 rings (SSSR count). The van der Waals surface area contributed by atoms with E-state index in [1.807, 2.05) is 52.0 Å². The van der Waals surface area contributed by atoms with Crippen LogP contribution in [0.2, 0.25) is 5.02 Å². The first kappa shape index (κ1) is 32.1. The van der Waals surface area contributed by atoms with Crippen LogP contribution in [0, 0.1) is 5.92 Å². The van der Waals surface area contributed by atoms with Crippen LogP contribution in [0.15, 0.2) is 36.4 Å². The van der Waals surface area contributed by atoms with Gasteiger partial charge in [0.05, 0.1) is 16.6 Å². The van der Waals surface area contributed by atoms with E-state index in [0.29, 0.717) is 55.9 Å². The number of likely N-dealkylation sites (tertiary alicyclic amines) is 2. The summed E-state index contributed by atoms with van der Waals surface area (Å²) in [6.45, 7) is 5.23. The van der Waals surface area contributed by atoms with Gasteiger partial charge in [-0.25, -0.2) is 4.79 Å².